The van der Waals surface area contributed by atoms with Crippen molar-refractivity contribution in [1.82, 2.24) is 15.0 Å². The van der Waals surface area contributed by atoms with Crippen LogP contribution in [0.25, 0.3) is 11.3 Å². The van der Waals surface area contributed by atoms with Gasteiger partial charge in [0.1, 0.15) is 5.69 Å². The lowest BCUT2D eigenvalue weighted by molar-refractivity contribution is -0.141. The molecule has 0 fully saturated rings. The fourth-order valence-corrected chi connectivity index (χ4v) is 1.13. The molecule has 0 aliphatic rings. The van der Waals surface area contributed by atoms with Crippen LogP contribution < -0.4 is 0 Å². The lowest BCUT2D eigenvalue weighted by Gasteiger charge is -2.05. The zero-order valence-electron chi connectivity index (χ0n) is 7.42. The molecule has 0 spiro atoms. The number of hydrogen-bond acceptors (Lipinski definition) is 2. The molecule has 0 aliphatic heterocycles. The van der Waals surface area contributed by atoms with Gasteiger partial charge in [-0.1, -0.05) is 0 Å². The van der Waals surface area contributed by atoms with Gasteiger partial charge in [-0.05, 0) is 12.1 Å². The molecule has 78 valence electrons. The Morgan fingerprint density at radius 3 is 2.40 bits per heavy atom. The van der Waals surface area contributed by atoms with Gasteiger partial charge in [0.2, 0.25) is 0 Å². The summed E-state index contributed by atoms with van der Waals surface area (Å²) >= 11 is 0. The van der Waals surface area contributed by atoms with Crippen LogP contribution in [0, 0.1) is 0 Å². The van der Waals surface area contributed by atoms with Gasteiger partial charge in [0, 0.05) is 11.8 Å². The highest BCUT2D eigenvalue weighted by Gasteiger charge is 2.32. The van der Waals surface area contributed by atoms with Crippen molar-refractivity contribution in [1.29, 1.82) is 0 Å². The number of alkyl halides is 3. The van der Waals surface area contributed by atoms with Crippen molar-refractivity contribution >= 4 is 0 Å². The van der Waals surface area contributed by atoms with E-state index in [1.807, 2.05) is 0 Å². The second-order valence-electron chi connectivity index (χ2n) is 2.90. The number of aromatic amines is 1. The van der Waals surface area contributed by atoms with E-state index in [1.165, 1.54) is 18.6 Å². The van der Waals surface area contributed by atoms with E-state index in [2.05, 4.69) is 15.0 Å². The van der Waals surface area contributed by atoms with E-state index in [-0.39, 0.29) is 0 Å². The number of aromatic nitrogens is 3. The number of rotatable bonds is 1. The molecule has 2 aromatic rings. The summed E-state index contributed by atoms with van der Waals surface area (Å²) in [4.78, 5) is 9.88. The highest BCUT2D eigenvalue weighted by Crippen LogP contribution is 2.28. The first kappa shape index (κ1) is 9.70. The van der Waals surface area contributed by atoms with Crippen molar-refractivity contribution in [2.45, 2.75) is 6.18 Å². The Bertz CT molecular complexity index is 431. The Morgan fingerprint density at radius 1 is 1.13 bits per heavy atom. The molecule has 1 N–H and O–H groups in total. The first-order valence-corrected chi connectivity index (χ1v) is 4.09. The Kier molecular flexibility index (Phi) is 2.18. The molecule has 0 amide bonds. The van der Waals surface area contributed by atoms with Gasteiger partial charge in [-0.3, -0.25) is 4.98 Å². The SMILES string of the molecule is FC(F)(F)c1ccc(-c2cnc[nH]2)cn1. The minimum Gasteiger partial charge on any atom is -0.345 e. The number of imidazole rings is 1. The molecule has 0 atom stereocenters. The Hall–Kier alpha value is -1.85. The van der Waals surface area contributed by atoms with Crippen LogP contribution in [0.1, 0.15) is 5.69 Å². The minimum atomic E-state index is -4.40. The molecule has 2 rings (SSSR count). The van der Waals surface area contributed by atoms with Crippen molar-refractivity contribution in [3.8, 4) is 11.3 Å². The molecule has 0 saturated heterocycles. The van der Waals surface area contributed by atoms with Gasteiger partial charge in [0.15, 0.2) is 0 Å². The average Bonchev–Trinajstić information content (AvgIpc) is 2.69. The second-order valence-corrected chi connectivity index (χ2v) is 2.90. The first-order chi connectivity index (χ1) is 7.07. The minimum absolute atomic E-state index is 0.570. The number of nitrogens with one attached hydrogen (secondary N) is 1. The van der Waals surface area contributed by atoms with Crippen LogP contribution in [0.3, 0.4) is 0 Å². The summed E-state index contributed by atoms with van der Waals surface area (Å²) in [5, 5.41) is 0. The van der Waals surface area contributed by atoms with Crippen LogP contribution in [0.15, 0.2) is 30.9 Å². The third kappa shape index (κ3) is 1.98. The largest absolute Gasteiger partial charge is 0.433 e. The van der Waals surface area contributed by atoms with Gasteiger partial charge in [-0.2, -0.15) is 13.2 Å². The topological polar surface area (TPSA) is 41.6 Å². The van der Waals surface area contributed by atoms with Crippen LogP contribution in [0.4, 0.5) is 13.2 Å². The summed E-state index contributed by atoms with van der Waals surface area (Å²) in [6.45, 7) is 0. The van der Waals surface area contributed by atoms with Crippen molar-refractivity contribution in [3.63, 3.8) is 0 Å². The predicted octanol–water partition coefficient (Wildman–Crippen LogP) is 2.49. The number of halogens is 3. The van der Waals surface area contributed by atoms with Gasteiger partial charge >= 0.3 is 6.18 Å². The summed E-state index contributed by atoms with van der Waals surface area (Å²) in [6, 6.07) is 2.29. The number of nitrogens with zero attached hydrogens (tertiary/aromatic N) is 2. The molecule has 0 bridgehead atoms. The van der Waals surface area contributed by atoms with Crippen molar-refractivity contribution < 1.29 is 13.2 Å². The zero-order chi connectivity index (χ0) is 10.9. The highest BCUT2D eigenvalue weighted by molar-refractivity contribution is 5.56. The number of pyridine rings is 1. The van der Waals surface area contributed by atoms with Crippen molar-refractivity contribution in [3.05, 3.63) is 36.5 Å². The van der Waals surface area contributed by atoms with E-state index < -0.39 is 11.9 Å². The molecular formula is C9H6F3N3. The summed E-state index contributed by atoms with van der Waals surface area (Å²) in [5.41, 5.74) is 0.308. The normalized spacial score (nSPS) is 11.7. The molecule has 6 heteroatoms. The standard InChI is InChI=1S/C9H6F3N3/c10-9(11,12)8-2-1-6(3-14-8)7-4-13-5-15-7/h1-5H,(H,13,15). The fraction of sp³-hybridized carbons (Fsp3) is 0.111. The predicted molar refractivity (Wildman–Crippen MR) is 46.8 cm³/mol. The molecule has 0 radical (unpaired) electrons. The van der Waals surface area contributed by atoms with E-state index in [9.17, 15) is 13.2 Å². The lowest BCUT2D eigenvalue weighted by atomic mass is 10.2. The Morgan fingerprint density at radius 2 is 1.93 bits per heavy atom. The maximum absolute atomic E-state index is 12.2. The quantitative estimate of drug-likeness (QED) is 0.790. The highest BCUT2D eigenvalue weighted by atomic mass is 19.4. The Balaban J connectivity index is 2.33. The van der Waals surface area contributed by atoms with Gasteiger partial charge in [0.05, 0.1) is 18.2 Å². The molecule has 0 aromatic carbocycles. The smallest absolute Gasteiger partial charge is 0.345 e. The summed E-state index contributed by atoms with van der Waals surface area (Å²) in [5.74, 6) is 0. The first-order valence-electron chi connectivity index (χ1n) is 4.09. The molecule has 0 unspecified atom stereocenters. The molecule has 2 aromatic heterocycles. The maximum Gasteiger partial charge on any atom is 0.433 e. The summed E-state index contributed by atoms with van der Waals surface area (Å²) < 4.78 is 36.5. The lowest BCUT2D eigenvalue weighted by Crippen LogP contribution is -2.07. The Labute approximate surface area is 83.0 Å². The van der Waals surface area contributed by atoms with E-state index in [0.717, 1.165) is 12.3 Å². The van der Waals surface area contributed by atoms with Crippen LogP contribution in [-0.4, -0.2) is 15.0 Å². The van der Waals surface area contributed by atoms with E-state index >= 15 is 0 Å². The average molecular weight is 213 g/mol. The van der Waals surface area contributed by atoms with Crippen LogP contribution in [0.5, 0.6) is 0 Å². The molecule has 0 aliphatic carbocycles. The molecule has 2 heterocycles. The number of H-pyrrole nitrogens is 1. The monoisotopic (exact) mass is 213 g/mol. The molecule has 0 saturated carbocycles. The van der Waals surface area contributed by atoms with Crippen LogP contribution in [-0.2, 0) is 6.18 Å². The van der Waals surface area contributed by atoms with Gasteiger partial charge in [0.25, 0.3) is 0 Å². The summed E-state index contributed by atoms with van der Waals surface area (Å²) in [6.07, 6.45) is -0.264. The van der Waals surface area contributed by atoms with E-state index in [4.69, 9.17) is 0 Å². The third-order valence-corrected chi connectivity index (χ3v) is 1.86. The second kappa shape index (κ2) is 3.38. The van der Waals surface area contributed by atoms with Crippen LogP contribution in [0.2, 0.25) is 0 Å². The van der Waals surface area contributed by atoms with Gasteiger partial charge in [-0.15, -0.1) is 0 Å². The van der Waals surface area contributed by atoms with Crippen molar-refractivity contribution in [2.24, 2.45) is 0 Å². The molecule has 3 nitrogen and oxygen atoms in total. The summed E-state index contributed by atoms with van der Waals surface area (Å²) in [7, 11) is 0. The van der Waals surface area contributed by atoms with E-state index in [0.29, 0.717) is 11.3 Å². The maximum atomic E-state index is 12.2. The molecular weight excluding hydrogens is 207 g/mol. The van der Waals surface area contributed by atoms with E-state index in [1.54, 1.807) is 0 Å². The van der Waals surface area contributed by atoms with Crippen LogP contribution >= 0.6 is 0 Å². The zero-order valence-corrected chi connectivity index (χ0v) is 7.42. The van der Waals surface area contributed by atoms with Crippen molar-refractivity contribution in [2.75, 3.05) is 0 Å². The fourth-order valence-electron chi connectivity index (χ4n) is 1.13. The number of hydrogen-bond donors (Lipinski definition) is 1. The van der Waals surface area contributed by atoms with Gasteiger partial charge in [-0.25, -0.2) is 4.98 Å². The van der Waals surface area contributed by atoms with Gasteiger partial charge < -0.3 is 4.98 Å². The third-order valence-electron chi connectivity index (χ3n) is 1.86. The molecule has 15 heavy (non-hydrogen) atoms.